The van der Waals surface area contributed by atoms with Crippen LogP contribution in [0.5, 0.6) is 5.75 Å². The monoisotopic (exact) mass is 303 g/mol. The highest BCUT2D eigenvalue weighted by Crippen LogP contribution is 2.31. The van der Waals surface area contributed by atoms with Crippen LogP contribution in [-0.2, 0) is 18.6 Å². The van der Waals surface area contributed by atoms with Crippen LogP contribution in [0.3, 0.4) is 0 Å². The number of ether oxygens (including phenoxy) is 1. The van der Waals surface area contributed by atoms with Gasteiger partial charge in [-0.15, -0.1) is 6.58 Å². The number of benzene rings is 1. The van der Waals surface area contributed by atoms with E-state index in [9.17, 15) is 0 Å². The molecule has 1 heterocycles. The summed E-state index contributed by atoms with van der Waals surface area (Å²) in [6.07, 6.45) is 1.79. The quantitative estimate of drug-likeness (QED) is 0.670. The second kappa shape index (κ2) is 6.26. The van der Waals surface area contributed by atoms with Gasteiger partial charge in [-0.3, -0.25) is 9.67 Å². The fourth-order valence-electron chi connectivity index (χ4n) is 2.13. The van der Waals surface area contributed by atoms with Crippen molar-refractivity contribution >= 4 is 12.2 Å². The molecule has 0 atom stereocenters. The van der Waals surface area contributed by atoms with Gasteiger partial charge < -0.3 is 4.74 Å². The third kappa shape index (κ3) is 3.61. The molecule has 4 nitrogen and oxygen atoms in total. The lowest BCUT2D eigenvalue weighted by atomic mass is 9.86. The average molecular weight is 303 g/mol. The van der Waals surface area contributed by atoms with Crippen molar-refractivity contribution in [2.24, 2.45) is 0 Å². The molecule has 0 saturated heterocycles. The Morgan fingerprint density at radius 2 is 2.10 bits per heavy atom. The first-order valence-electron chi connectivity index (χ1n) is 6.90. The Morgan fingerprint density at radius 3 is 2.76 bits per heavy atom. The predicted octanol–water partition coefficient (Wildman–Crippen LogP) is 4.00. The maximum absolute atomic E-state index is 5.97. The number of nitrogens with zero attached hydrogens (tertiary/aromatic N) is 2. The molecule has 0 aliphatic carbocycles. The molecule has 2 rings (SSSR count). The molecule has 2 aromatic rings. The van der Waals surface area contributed by atoms with Gasteiger partial charge in [0.25, 0.3) is 0 Å². The molecule has 21 heavy (non-hydrogen) atoms. The third-order valence-corrected chi connectivity index (χ3v) is 3.51. The highest BCUT2D eigenvalue weighted by atomic mass is 32.1. The molecule has 5 heteroatoms. The van der Waals surface area contributed by atoms with Crippen molar-refractivity contribution in [1.82, 2.24) is 14.8 Å². The van der Waals surface area contributed by atoms with Gasteiger partial charge in [-0.25, -0.2) is 0 Å². The van der Waals surface area contributed by atoms with Gasteiger partial charge in [0.15, 0.2) is 10.6 Å². The van der Waals surface area contributed by atoms with E-state index in [4.69, 9.17) is 17.0 Å². The summed E-state index contributed by atoms with van der Waals surface area (Å²) in [6, 6.07) is 8.09. The predicted molar refractivity (Wildman–Crippen MR) is 87.1 cm³/mol. The number of hydrogen-bond donors (Lipinski definition) is 1. The highest BCUT2D eigenvalue weighted by molar-refractivity contribution is 7.71. The maximum Gasteiger partial charge on any atom is 0.195 e. The van der Waals surface area contributed by atoms with Gasteiger partial charge in [-0.05, 0) is 29.3 Å². The Morgan fingerprint density at radius 1 is 1.38 bits per heavy atom. The normalized spacial score (nSPS) is 11.4. The zero-order valence-corrected chi connectivity index (χ0v) is 13.5. The van der Waals surface area contributed by atoms with Crippen LogP contribution in [0, 0.1) is 4.77 Å². The van der Waals surface area contributed by atoms with Gasteiger partial charge in [0.05, 0.1) is 0 Å². The number of nitrogens with one attached hydrogen (secondary N) is 1. The van der Waals surface area contributed by atoms with Gasteiger partial charge in [0.2, 0.25) is 0 Å². The van der Waals surface area contributed by atoms with Crippen molar-refractivity contribution in [2.75, 3.05) is 0 Å². The molecule has 0 spiro atoms. The number of aromatic amines is 1. The number of rotatable bonds is 5. The lowest BCUT2D eigenvalue weighted by Crippen LogP contribution is -2.14. The molecule has 1 aromatic carbocycles. The van der Waals surface area contributed by atoms with E-state index >= 15 is 0 Å². The van der Waals surface area contributed by atoms with E-state index in [-0.39, 0.29) is 5.41 Å². The molecule has 0 fully saturated rings. The van der Waals surface area contributed by atoms with Crippen molar-refractivity contribution in [3.05, 3.63) is 53.1 Å². The Labute approximate surface area is 130 Å². The topological polar surface area (TPSA) is 42.8 Å². The molecule has 112 valence electrons. The fourth-order valence-corrected chi connectivity index (χ4v) is 2.36. The highest BCUT2D eigenvalue weighted by Gasteiger charge is 2.18. The van der Waals surface area contributed by atoms with E-state index in [2.05, 4.69) is 43.6 Å². The van der Waals surface area contributed by atoms with E-state index in [0.717, 1.165) is 11.6 Å². The molecular formula is C16H21N3OS. The third-order valence-electron chi connectivity index (χ3n) is 3.20. The average Bonchev–Trinajstić information content (AvgIpc) is 2.78. The summed E-state index contributed by atoms with van der Waals surface area (Å²) in [5.74, 6) is 1.65. The van der Waals surface area contributed by atoms with Gasteiger partial charge in [-0.1, -0.05) is 45.0 Å². The first kappa shape index (κ1) is 15.5. The Bertz CT molecular complexity index is 679. The summed E-state index contributed by atoms with van der Waals surface area (Å²) in [6.45, 7) is 11.2. The van der Waals surface area contributed by atoms with E-state index in [1.165, 1.54) is 5.56 Å². The molecule has 0 amide bonds. The Hall–Kier alpha value is -1.88. The number of hydrogen-bond acceptors (Lipinski definition) is 3. The van der Waals surface area contributed by atoms with Crippen LogP contribution < -0.4 is 4.74 Å². The molecule has 0 bridgehead atoms. The van der Waals surface area contributed by atoms with Crippen molar-refractivity contribution in [1.29, 1.82) is 0 Å². The molecule has 1 N–H and O–H groups in total. The number of H-pyrrole nitrogens is 1. The summed E-state index contributed by atoms with van der Waals surface area (Å²) in [5, 5.41) is 7.01. The lowest BCUT2D eigenvalue weighted by Gasteiger charge is -2.22. The van der Waals surface area contributed by atoms with E-state index in [0.29, 0.717) is 17.9 Å². The first-order valence-corrected chi connectivity index (χ1v) is 7.31. The molecule has 0 saturated carbocycles. The molecular weight excluding hydrogens is 282 g/mol. The Kier molecular flexibility index (Phi) is 4.63. The molecule has 0 unspecified atom stereocenters. The summed E-state index contributed by atoms with van der Waals surface area (Å²) in [4.78, 5) is 0. The summed E-state index contributed by atoms with van der Waals surface area (Å²) in [5.41, 5.74) is 1.21. The first-order chi connectivity index (χ1) is 9.93. The van der Waals surface area contributed by atoms with E-state index < -0.39 is 0 Å². The van der Waals surface area contributed by atoms with E-state index in [1.807, 2.05) is 22.8 Å². The van der Waals surface area contributed by atoms with Crippen LogP contribution in [0.4, 0.5) is 0 Å². The minimum absolute atomic E-state index is 0.0302. The molecule has 0 aliphatic heterocycles. The number of para-hydroxylation sites is 1. The summed E-state index contributed by atoms with van der Waals surface area (Å²) in [7, 11) is 0. The van der Waals surface area contributed by atoms with Crippen molar-refractivity contribution < 1.29 is 4.74 Å². The number of allylic oxidation sites excluding steroid dienone is 1. The smallest absolute Gasteiger partial charge is 0.195 e. The van der Waals surface area contributed by atoms with Crippen LogP contribution in [0.25, 0.3) is 0 Å². The van der Waals surface area contributed by atoms with Gasteiger partial charge in [0.1, 0.15) is 12.4 Å². The molecule has 0 radical (unpaired) electrons. The fraction of sp³-hybridized carbons (Fsp3) is 0.375. The second-order valence-electron chi connectivity index (χ2n) is 5.88. The largest absolute Gasteiger partial charge is 0.485 e. The van der Waals surface area contributed by atoms with Crippen molar-refractivity contribution in [3.8, 4) is 5.75 Å². The van der Waals surface area contributed by atoms with Gasteiger partial charge in [-0.2, -0.15) is 5.10 Å². The lowest BCUT2D eigenvalue weighted by molar-refractivity contribution is 0.282. The Balaban J connectivity index is 2.22. The summed E-state index contributed by atoms with van der Waals surface area (Å²) >= 11 is 5.20. The van der Waals surface area contributed by atoms with E-state index in [1.54, 1.807) is 6.08 Å². The standard InChI is InChI=1S/C16H21N3OS/c1-5-10-19-14(17-18-15(19)21)11-20-13-9-7-6-8-12(13)16(2,3)4/h5-9H,1,10-11H2,2-4H3,(H,18,21). The minimum Gasteiger partial charge on any atom is -0.485 e. The SMILES string of the molecule is C=CCn1c(COc2ccccc2C(C)(C)C)n[nH]c1=S. The van der Waals surface area contributed by atoms with Crippen LogP contribution in [0.2, 0.25) is 0 Å². The van der Waals surface area contributed by atoms with Crippen molar-refractivity contribution in [2.45, 2.75) is 39.3 Å². The number of aromatic nitrogens is 3. The zero-order valence-electron chi connectivity index (χ0n) is 12.7. The van der Waals surface area contributed by atoms with Crippen LogP contribution in [-0.4, -0.2) is 14.8 Å². The summed E-state index contributed by atoms with van der Waals surface area (Å²) < 4.78 is 8.42. The minimum atomic E-state index is 0.0302. The second-order valence-corrected chi connectivity index (χ2v) is 6.27. The van der Waals surface area contributed by atoms with Crippen molar-refractivity contribution in [3.63, 3.8) is 0 Å². The van der Waals surface area contributed by atoms with Crippen LogP contribution >= 0.6 is 12.2 Å². The van der Waals surface area contributed by atoms with Gasteiger partial charge in [0, 0.05) is 6.54 Å². The molecule has 1 aromatic heterocycles. The van der Waals surface area contributed by atoms with Gasteiger partial charge >= 0.3 is 0 Å². The zero-order chi connectivity index (χ0) is 15.5. The van der Waals surface area contributed by atoms with Crippen LogP contribution in [0.15, 0.2) is 36.9 Å². The molecule has 0 aliphatic rings. The maximum atomic E-state index is 5.97. The van der Waals surface area contributed by atoms with Crippen LogP contribution in [0.1, 0.15) is 32.2 Å².